The van der Waals surface area contributed by atoms with Gasteiger partial charge < -0.3 is 14.4 Å². The fourth-order valence-corrected chi connectivity index (χ4v) is 1.54. The molecule has 2 rings (SSSR count). The maximum absolute atomic E-state index is 12.0. The van der Waals surface area contributed by atoms with Gasteiger partial charge >= 0.3 is 0 Å². The zero-order valence-electron chi connectivity index (χ0n) is 9.92. The Morgan fingerprint density at radius 3 is 2.72 bits per heavy atom. The van der Waals surface area contributed by atoms with Crippen LogP contribution < -0.4 is 4.74 Å². The summed E-state index contributed by atoms with van der Waals surface area (Å²) in [5.41, 5.74) is 0.753. The van der Waals surface area contributed by atoms with Crippen LogP contribution in [0.3, 0.4) is 0 Å². The SMILES string of the molecule is COc1ccc(C(=O)c2cc(CCO)on2)cc1. The van der Waals surface area contributed by atoms with Crippen molar-refractivity contribution in [2.45, 2.75) is 6.42 Å². The Morgan fingerprint density at radius 1 is 1.39 bits per heavy atom. The van der Waals surface area contributed by atoms with Crippen molar-refractivity contribution < 1.29 is 19.2 Å². The first kappa shape index (κ1) is 12.3. The van der Waals surface area contributed by atoms with Crippen LogP contribution in [0.25, 0.3) is 0 Å². The summed E-state index contributed by atoms with van der Waals surface area (Å²) < 4.78 is 9.95. The lowest BCUT2D eigenvalue weighted by Crippen LogP contribution is -2.01. The molecule has 0 saturated carbocycles. The summed E-state index contributed by atoms with van der Waals surface area (Å²) in [5.74, 6) is 0.965. The van der Waals surface area contributed by atoms with Crippen molar-refractivity contribution in [3.05, 3.63) is 47.3 Å². The average Bonchev–Trinajstić information content (AvgIpc) is 2.87. The van der Waals surface area contributed by atoms with E-state index in [4.69, 9.17) is 14.4 Å². The fourth-order valence-electron chi connectivity index (χ4n) is 1.54. The number of rotatable bonds is 5. The summed E-state index contributed by atoms with van der Waals surface area (Å²) in [4.78, 5) is 12.0. The van der Waals surface area contributed by atoms with Crippen LogP contribution in [0, 0.1) is 0 Å². The van der Waals surface area contributed by atoms with E-state index in [2.05, 4.69) is 5.16 Å². The number of carbonyl (C=O) groups is 1. The monoisotopic (exact) mass is 247 g/mol. The molecule has 94 valence electrons. The van der Waals surface area contributed by atoms with Gasteiger partial charge in [-0.05, 0) is 24.3 Å². The summed E-state index contributed by atoms with van der Waals surface area (Å²) in [7, 11) is 1.57. The van der Waals surface area contributed by atoms with Crippen LogP contribution >= 0.6 is 0 Å². The highest BCUT2D eigenvalue weighted by molar-refractivity contribution is 6.07. The summed E-state index contributed by atoms with van der Waals surface area (Å²) >= 11 is 0. The highest BCUT2D eigenvalue weighted by atomic mass is 16.5. The van der Waals surface area contributed by atoms with Gasteiger partial charge in [0.1, 0.15) is 11.5 Å². The Balaban J connectivity index is 2.18. The van der Waals surface area contributed by atoms with Gasteiger partial charge in [-0.1, -0.05) is 5.16 Å². The third-order valence-corrected chi connectivity index (χ3v) is 2.50. The van der Waals surface area contributed by atoms with Crippen molar-refractivity contribution in [2.75, 3.05) is 13.7 Å². The molecular formula is C13H13NO4. The lowest BCUT2D eigenvalue weighted by Gasteiger charge is -2.00. The van der Waals surface area contributed by atoms with Crippen LogP contribution in [-0.4, -0.2) is 29.8 Å². The Bertz CT molecular complexity index is 530. The predicted molar refractivity (Wildman–Crippen MR) is 63.7 cm³/mol. The van der Waals surface area contributed by atoms with Gasteiger partial charge in [-0.3, -0.25) is 4.79 Å². The average molecular weight is 247 g/mol. The molecule has 0 atom stereocenters. The first-order valence-electron chi connectivity index (χ1n) is 5.50. The third kappa shape index (κ3) is 2.57. The van der Waals surface area contributed by atoms with Gasteiger partial charge in [0, 0.05) is 18.1 Å². The number of nitrogens with zero attached hydrogens (tertiary/aromatic N) is 1. The number of hydrogen-bond donors (Lipinski definition) is 1. The van der Waals surface area contributed by atoms with Crippen molar-refractivity contribution in [3.8, 4) is 5.75 Å². The number of benzene rings is 1. The summed E-state index contributed by atoms with van der Waals surface area (Å²) in [6, 6.07) is 8.30. The fraction of sp³-hybridized carbons (Fsp3) is 0.231. The molecule has 0 fully saturated rings. The largest absolute Gasteiger partial charge is 0.497 e. The van der Waals surface area contributed by atoms with Gasteiger partial charge in [0.25, 0.3) is 0 Å². The topological polar surface area (TPSA) is 72.6 Å². The number of carbonyl (C=O) groups excluding carboxylic acids is 1. The van der Waals surface area contributed by atoms with Gasteiger partial charge in [-0.15, -0.1) is 0 Å². The molecule has 0 amide bonds. The highest BCUT2D eigenvalue weighted by Crippen LogP contribution is 2.15. The van der Waals surface area contributed by atoms with E-state index in [1.165, 1.54) is 0 Å². The smallest absolute Gasteiger partial charge is 0.214 e. The summed E-state index contributed by atoms with van der Waals surface area (Å²) in [6.07, 6.45) is 0.350. The van der Waals surface area contributed by atoms with Gasteiger partial charge in [0.15, 0.2) is 5.69 Å². The summed E-state index contributed by atoms with van der Waals surface area (Å²) in [6.45, 7) is -0.0363. The molecule has 0 unspecified atom stereocenters. The van der Waals surface area contributed by atoms with E-state index < -0.39 is 0 Å². The molecular weight excluding hydrogens is 234 g/mol. The van der Waals surface area contributed by atoms with Crippen molar-refractivity contribution in [2.24, 2.45) is 0 Å². The van der Waals surface area contributed by atoms with Crippen molar-refractivity contribution in [3.63, 3.8) is 0 Å². The second kappa shape index (κ2) is 5.46. The lowest BCUT2D eigenvalue weighted by atomic mass is 10.1. The van der Waals surface area contributed by atoms with Crippen molar-refractivity contribution in [1.29, 1.82) is 0 Å². The Kier molecular flexibility index (Phi) is 3.74. The minimum Gasteiger partial charge on any atom is -0.497 e. The Morgan fingerprint density at radius 2 is 2.11 bits per heavy atom. The van der Waals surface area contributed by atoms with E-state index >= 15 is 0 Å². The van der Waals surface area contributed by atoms with Crippen molar-refractivity contribution in [1.82, 2.24) is 5.16 Å². The molecule has 1 N–H and O–H groups in total. The normalized spacial score (nSPS) is 10.3. The quantitative estimate of drug-likeness (QED) is 0.809. The molecule has 0 aliphatic carbocycles. The Hall–Kier alpha value is -2.14. The van der Waals surface area contributed by atoms with E-state index in [9.17, 15) is 4.79 Å². The third-order valence-electron chi connectivity index (χ3n) is 2.50. The van der Waals surface area contributed by atoms with Crippen LogP contribution in [0.4, 0.5) is 0 Å². The molecule has 5 heteroatoms. The van der Waals surface area contributed by atoms with E-state index in [1.807, 2.05) is 0 Å². The first-order valence-corrected chi connectivity index (χ1v) is 5.50. The molecule has 0 aliphatic heterocycles. The zero-order chi connectivity index (χ0) is 13.0. The second-order valence-corrected chi connectivity index (χ2v) is 3.71. The van der Waals surface area contributed by atoms with Crippen LogP contribution in [0.5, 0.6) is 5.75 Å². The van der Waals surface area contributed by atoms with Crippen LogP contribution in [0.1, 0.15) is 21.8 Å². The molecule has 0 aliphatic rings. The molecule has 1 aromatic carbocycles. The molecule has 0 saturated heterocycles. The molecule has 0 bridgehead atoms. The van der Waals surface area contributed by atoms with E-state index in [1.54, 1.807) is 37.4 Å². The number of ketones is 1. The Labute approximate surface area is 104 Å². The molecule has 5 nitrogen and oxygen atoms in total. The summed E-state index contributed by atoms with van der Waals surface area (Å²) in [5, 5.41) is 12.4. The second-order valence-electron chi connectivity index (χ2n) is 3.71. The number of aliphatic hydroxyl groups excluding tert-OH is 1. The molecule has 0 spiro atoms. The highest BCUT2D eigenvalue weighted by Gasteiger charge is 2.14. The van der Waals surface area contributed by atoms with Crippen LogP contribution in [0.2, 0.25) is 0 Å². The van der Waals surface area contributed by atoms with E-state index in [-0.39, 0.29) is 18.1 Å². The van der Waals surface area contributed by atoms with E-state index in [0.717, 1.165) is 0 Å². The number of hydrogen-bond acceptors (Lipinski definition) is 5. The predicted octanol–water partition coefficient (Wildman–Crippen LogP) is 1.45. The van der Waals surface area contributed by atoms with Crippen LogP contribution in [-0.2, 0) is 6.42 Å². The van der Waals surface area contributed by atoms with Gasteiger partial charge in [-0.2, -0.15) is 0 Å². The van der Waals surface area contributed by atoms with Gasteiger partial charge in [0.05, 0.1) is 13.7 Å². The molecule has 18 heavy (non-hydrogen) atoms. The minimum absolute atomic E-state index is 0.0363. The van der Waals surface area contributed by atoms with E-state index in [0.29, 0.717) is 23.5 Å². The van der Waals surface area contributed by atoms with Crippen LogP contribution in [0.15, 0.2) is 34.9 Å². The zero-order valence-corrected chi connectivity index (χ0v) is 9.92. The van der Waals surface area contributed by atoms with Gasteiger partial charge in [-0.25, -0.2) is 0 Å². The molecule has 1 aromatic heterocycles. The minimum atomic E-state index is -0.217. The first-order chi connectivity index (χ1) is 8.74. The maximum atomic E-state index is 12.0. The molecule has 0 radical (unpaired) electrons. The molecule has 2 aromatic rings. The number of aliphatic hydroxyl groups is 1. The maximum Gasteiger partial charge on any atom is 0.214 e. The van der Waals surface area contributed by atoms with Gasteiger partial charge in [0.2, 0.25) is 5.78 Å². The number of methoxy groups -OCH3 is 1. The number of aromatic nitrogens is 1. The standard InChI is InChI=1S/C13H13NO4/c1-17-10-4-2-9(3-5-10)13(16)12-8-11(6-7-15)18-14-12/h2-5,8,15H,6-7H2,1H3. The lowest BCUT2D eigenvalue weighted by molar-refractivity contribution is 0.103. The molecule has 1 heterocycles. The van der Waals surface area contributed by atoms with Crippen molar-refractivity contribution >= 4 is 5.78 Å². The number of ether oxygens (including phenoxy) is 1.